The summed E-state index contributed by atoms with van der Waals surface area (Å²) >= 11 is 0. The van der Waals surface area contributed by atoms with Gasteiger partial charge in [0, 0.05) is 32.3 Å². The summed E-state index contributed by atoms with van der Waals surface area (Å²) in [5.41, 5.74) is 3.79. The fourth-order valence-corrected chi connectivity index (χ4v) is 3.95. The van der Waals surface area contributed by atoms with Crippen molar-refractivity contribution >= 4 is 11.7 Å². The Labute approximate surface area is 195 Å². The number of nitrogens with zero attached hydrogens (tertiary/aromatic N) is 2. The zero-order valence-corrected chi connectivity index (χ0v) is 19.1. The van der Waals surface area contributed by atoms with E-state index in [1.807, 2.05) is 49.5 Å². The number of para-hydroxylation sites is 2. The number of hydrogen-bond donors (Lipinski definition) is 1. The molecule has 4 rings (SSSR count). The van der Waals surface area contributed by atoms with Gasteiger partial charge in [-0.25, -0.2) is 4.98 Å². The minimum Gasteiger partial charge on any atom is -0.490 e. The molecule has 0 spiro atoms. The van der Waals surface area contributed by atoms with Crippen molar-refractivity contribution in [2.24, 2.45) is 0 Å². The Hall–Kier alpha value is -3.54. The number of benzene rings is 2. The number of carbonyl (C=O) groups excluding carboxylic acids is 1. The summed E-state index contributed by atoms with van der Waals surface area (Å²) in [5, 5.41) is 2.97. The first-order chi connectivity index (χ1) is 16.2. The molecule has 0 saturated heterocycles. The van der Waals surface area contributed by atoms with Crippen LogP contribution >= 0.6 is 0 Å². The van der Waals surface area contributed by atoms with Gasteiger partial charge in [-0.3, -0.25) is 4.79 Å². The molecule has 0 atom stereocenters. The van der Waals surface area contributed by atoms with Gasteiger partial charge in [0.15, 0.2) is 11.5 Å². The highest BCUT2D eigenvalue weighted by Crippen LogP contribution is 2.26. The van der Waals surface area contributed by atoms with Crippen LogP contribution in [0.3, 0.4) is 0 Å². The van der Waals surface area contributed by atoms with Crippen LogP contribution in [-0.4, -0.2) is 30.6 Å². The molecule has 0 fully saturated rings. The van der Waals surface area contributed by atoms with E-state index >= 15 is 0 Å². The number of carbonyl (C=O) groups is 1. The van der Waals surface area contributed by atoms with Crippen LogP contribution in [0.15, 0.2) is 66.9 Å². The molecule has 1 amide bonds. The number of pyridine rings is 1. The van der Waals surface area contributed by atoms with Crippen molar-refractivity contribution in [3.63, 3.8) is 0 Å². The second-order valence-corrected chi connectivity index (χ2v) is 8.07. The van der Waals surface area contributed by atoms with E-state index in [0.717, 1.165) is 36.6 Å². The van der Waals surface area contributed by atoms with E-state index in [4.69, 9.17) is 9.47 Å². The lowest BCUT2D eigenvalue weighted by molar-refractivity contribution is -0.121. The molecule has 6 heteroatoms. The highest BCUT2D eigenvalue weighted by atomic mass is 16.5. The zero-order valence-electron chi connectivity index (χ0n) is 19.1. The van der Waals surface area contributed by atoms with Gasteiger partial charge in [-0.2, -0.15) is 0 Å². The maximum atomic E-state index is 12.2. The molecule has 1 aliphatic heterocycles. The number of fused-ring (bicyclic) bond motifs is 1. The van der Waals surface area contributed by atoms with E-state index in [9.17, 15) is 4.79 Å². The molecule has 0 aliphatic carbocycles. The largest absolute Gasteiger partial charge is 0.490 e. The molecule has 3 aromatic rings. The predicted octanol–water partition coefficient (Wildman–Crippen LogP) is 4.52. The van der Waals surface area contributed by atoms with E-state index in [2.05, 4.69) is 39.5 Å². The number of amides is 1. The molecule has 0 bridgehead atoms. The Kier molecular flexibility index (Phi) is 7.80. The van der Waals surface area contributed by atoms with Gasteiger partial charge in [0.05, 0.1) is 13.2 Å². The topological polar surface area (TPSA) is 63.7 Å². The van der Waals surface area contributed by atoms with Gasteiger partial charge in [-0.15, -0.1) is 0 Å². The molecule has 1 aromatic heterocycles. The number of aromatic nitrogens is 1. The van der Waals surface area contributed by atoms with Crippen LogP contribution in [0, 0.1) is 0 Å². The highest BCUT2D eigenvalue weighted by molar-refractivity contribution is 5.75. The van der Waals surface area contributed by atoms with Crippen LogP contribution in [0.2, 0.25) is 0 Å². The second kappa shape index (κ2) is 11.4. The number of ether oxygens (including phenoxy) is 2. The summed E-state index contributed by atoms with van der Waals surface area (Å²) in [6, 6.07) is 20.3. The Balaban J connectivity index is 1.18. The first-order valence-corrected chi connectivity index (χ1v) is 11.6. The van der Waals surface area contributed by atoms with Gasteiger partial charge >= 0.3 is 0 Å². The lowest BCUT2D eigenvalue weighted by Crippen LogP contribution is -2.31. The standard InChI is InChI=1S/C27H31N3O3/c1-2-32-24-10-5-6-11-25(24)33-17-7-12-27(31)29-19-21-13-14-26(28-18-21)30-16-15-22-8-3-4-9-23(22)20-30/h3-6,8-11,13-14,18H,2,7,12,15-17,19-20H2,1H3,(H,29,31). The SMILES string of the molecule is CCOc1ccccc1OCCCC(=O)NCc1ccc(N2CCc3ccccc3C2)nc1. The minimum atomic E-state index is 0.00778. The molecule has 0 radical (unpaired) electrons. The normalized spacial score (nSPS) is 12.7. The van der Waals surface area contributed by atoms with Gasteiger partial charge in [0.25, 0.3) is 0 Å². The molecule has 33 heavy (non-hydrogen) atoms. The minimum absolute atomic E-state index is 0.00778. The molecule has 6 nitrogen and oxygen atoms in total. The second-order valence-electron chi connectivity index (χ2n) is 8.07. The van der Waals surface area contributed by atoms with Crippen molar-refractivity contribution in [3.8, 4) is 11.5 Å². The summed E-state index contributed by atoms with van der Waals surface area (Å²) in [6.45, 7) is 5.32. The smallest absolute Gasteiger partial charge is 0.220 e. The van der Waals surface area contributed by atoms with Crippen LogP contribution in [0.5, 0.6) is 11.5 Å². The fourth-order valence-electron chi connectivity index (χ4n) is 3.95. The Bertz CT molecular complexity index is 1050. The van der Waals surface area contributed by atoms with E-state index in [0.29, 0.717) is 38.3 Å². The number of anilines is 1. The maximum Gasteiger partial charge on any atom is 0.220 e. The summed E-state index contributed by atoms with van der Waals surface area (Å²) in [6.07, 6.45) is 3.94. The first kappa shape index (κ1) is 22.6. The summed E-state index contributed by atoms with van der Waals surface area (Å²) in [4.78, 5) is 19.1. The summed E-state index contributed by atoms with van der Waals surface area (Å²) in [5.74, 6) is 2.43. The third kappa shape index (κ3) is 6.25. The fraction of sp³-hybridized carbons (Fsp3) is 0.333. The van der Waals surface area contributed by atoms with E-state index in [1.54, 1.807) is 0 Å². The van der Waals surface area contributed by atoms with Crippen LogP contribution in [-0.2, 0) is 24.3 Å². The molecule has 2 aromatic carbocycles. The van der Waals surface area contributed by atoms with E-state index in [-0.39, 0.29) is 5.91 Å². The van der Waals surface area contributed by atoms with Crippen molar-refractivity contribution in [1.82, 2.24) is 10.3 Å². The third-order valence-corrected chi connectivity index (χ3v) is 5.71. The van der Waals surface area contributed by atoms with Crippen LogP contribution < -0.4 is 19.7 Å². The molecule has 1 N–H and O–H groups in total. The van der Waals surface area contributed by atoms with Crippen LogP contribution in [0.1, 0.15) is 36.5 Å². The molecular weight excluding hydrogens is 414 g/mol. The van der Waals surface area contributed by atoms with Gasteiger partial charge in [0.2, 0.25) is 5.91 Å². The van der Waals surface area contributed by atoms with Crippen molar-refractivity contribution in [2.45, 2.75) is 39.3 Å². The molecule has 1 aliphatic rings. The lowest BCUT2D eigenvalue weighted by atomic mass is 10.00. The first-order valence-electron chi connectivity index (χ1n) is 11.6. The molecular formula is C27H31N3O3. The Morgan fingerprint density at radius 3 is 2.52 bits per heavy atom. The quantitative estimate of drug-likeness (QED) is 0.465. The number of rotatable bonds is 10. The molecule has 0 saturated carbocycles. The van der Waals surface area contributed by atoms with Crippen molar-refractivity contribution < 1.29 is 14.3 Å². The van der Waals surface area contributed by atoms with Gasteiger partial charge in [0.1, 0.15) is 5.82 Å². The van der Waals surface area contributed by atoms with Gasteiger partial charge < -0.3 is 19.7 Å². The van der Waals surface area contributed by atoms with Gasteiger partial charge in [-0.1, -0.05) is 42.5 Å². The zero-order chi connectivity index (χ0) is 22.9. The Morgan fingerprint density at radius 2 is 1.76 bits per heavy atom. The summed E-state index contributed by atoms with van der Waals surface area (Å²) < 4.78 is 11.3. The Morgan fingerprint density at radius 1 is 1.00 bits per heavy atom. The lowest BCUT2D eigenvalue weighted by Gasteiger charge is -2.29. The average molecular weight is 446 g/mol. The highest BCUT2D eigenvalue weighted by Gasteiger charge is 2.16. The average Bonchev–Trinajstić information content (AvgIpc) is 2.86. The van der Waals surface area contributed by atoms with Crippen LogP contribution in [0.25, 0.3) is 0 Å². The van der Waals surface area contributed by atoms with Gasteiger partial charge in [-0.05, 0) is 54.7 Å². The number of hydrogen-bond acceptors (Lipinski definition) is 5. The van der Waals surface area contributed by atoms with E-state index in [1.165, 1.54) is 11.1 Å². The van der Waals surface area contributed by atoms with Crippen molar-refractivity contribution in [1.29, 1.82) is 0 Å². The van der Waals surface area contributed by atoms with Crippen molar-refractivity contribution in [2.75, 3.05) is 24.7 Å². The molecule has 2 heterocycles. The predicted molar refractivity (Wildman–Crippen MR) is 130 cm³/mol. The maximum absolute atomic E-state index is 12.2. The third-order valence-electron chi connectivity index (χ3n) is 5.71. The molecule has 0 unspecified atom stereocenters. The van der Waals surface area contributed by atoms with Crippen LogP contribution in [0.4, 0.5) is 5.82 Å². The molecule has 172 valence electrons. The monoisotopic (exact) mass is 445 g/mol. The van der Waals surface area contributed by atoms with Crippen molar-refractivity contribution in [3.05, 3.63) is 83.6 Å². The van der Waals surface area contributed by atoms with E-state index < -0.39 is 0 Å². The summed E-state index contributed by atoms with van der Waals surface area (Å²) in [7, 11) is 0. The number of nitrogens with one attached hydrogen (secondary N) is 1.